The normalized spacial score (nSPS) is 15.2. The van der Waals surface area contributed by atoms with Gasteiger partial charge in [-0.25, -0.2) is 9.97 Å². The fourth-order valence-corrected chi connectivity index (χ4v) is 2.73. The molecule has 1 fully saturated rings. The number of aliphatic carboxylic acids is 1. The van der Waals surface area contributed by atoms with Gasteiger partial charge in [-0.2, -0.15) is 0 Å². The molecule has 2 heterocycles. The van der Waals surface area contributed by atoms with E-state index in [4.69, 9.17) is 5.11 Å². The Morgan fingerprint density at radius 1 is 1.50 bits per heavy atom. The van der Waals surface area contributed by atoms with Crippen LogP contribution < -0.4 is 0 Å². The molecule has 2 aromatic rings. The second-order valence-corrected chi connectivity index (χ2v) is 5.42. The number of nitrogens with zero attached hydrogens (tertiary/aromatic N) is 3. The van der Waals surface area contributed by atoms with Crippen molar-refractivity contribution in [1.82, 2.24) is 14.5 Å². The van der Waals surface area contributed by atoms with Gasteiger partial charge in [0, 0.05) is 11.7 Å². The number of hydrogen-bond donors (Lipinski definition) is 1. The summed E-state index contributed by atoms with van der Waals surface area (Å²) in [6.07, 6.45) is 2.25. The number of aromatic nitrogens is 3. The van der Waals surface area contributed by atoms with Crippen molar-refractivity contribution in [3.05, 3.63) is 17.8 Å². The van der Waals surface area contributed by atoms with E-state index in [1.54, 1.807) is 0 Å². The summed E-state index contributed by atoms with van der Waals surface area (Å²) >= 11 is 1.27. The van der Waals surface area contributed by atoms with Gasteiger partial charge in [0.25, 0.3) is 0 Å². The molecule has 5 nitrogen and oxygen atoms in total. The Kier molecular flexibility index (Phi) is 2.74. The summed E-state index contributed by atoms with van der Waals surface area (Å²) < 4.78 is 2.09. The van der Waals surface area contributed by atoms with E-state index in [0.29, 0.717) is 6.04 Å². The molecule has 0 radical (unpaired) electrons. The maximum atomic E-state index is 10.7. The molecule has 3 rings (SSSR count). The number of pyridine rings is 1. The molecule has 1 saturated carbocycles. The zero-order valence-corrected chi connectivity index (χ0v) is 10.8. The number of thioether (sulfide) groups is 1. The Hall–Kier alpha value is -1.56. The molecule has 0 spiro atoms. The molecule has 1 N–H and O–H groups in total. The minimum atomic E-state index is -0.821. The van der Waals surface area contributed by atoms with Crippen LogP contribution in [0.4, 0.5) is 0 Å². The van der Waals surface area contributed by atoms with Crippen LogP contribution in [0.1, 0.15) is 24.6 Å². The average molecular weight is 263 g/mol. The van der Waals surface area contributed by atoms with Gasteiger partial charge in [0.05, 0.1) is 5.75 Å². The number of carbonyl (C=O) groups is 1. The van der Waals surface area contributed by atoms with Crippen LogP contribution in [0, 0.1) is 6.92 Å². The molecule has 0 aromatic carbocycles. The quantitative estimate of drug-likeness (QED) is 0.857. The van der Waals surface area contributed by atoms with E-state index < -0.39 is 5.97 Å². The van der Waals surface area contributed by atoms with E-state index in [2.05, 4.69) is 14.5 Å². The number of aryl methyl sites for hydroxylation is 1. The third-order valence-corrected chi connectivity index (χ3v) is 3.82. The van der Waals surface area contributed by atoms with Gasteiger partial charge in [-0.05, 0) is 31.9 Å². The Balaban J connectivity index is 2.06. The monoisotopic (exact) mass is 263 g/mol. The van der Waals surface area contributed by atoms with E-state index in [1.807, 2.05) is 19.1 Å². The van der Waals surface area contributed by atoms with Crippen LogP contribution in [-0.2, 0) is 4.79 Å². The molecular weight excluding hydrogens is 250 g/mol. The first-order chi connectivity index (χ1) is 8.65. The summed E-state index contributed by atoms with van der Waals surface area (Å²) in [6.45, 7) is 1.95. The second kappa shape index (κ2) is 4.28. The lowest BCUT2D eigenvalue weighted by Gasteiger charge is -2.05. The number of fused-ring (bicyclic) bond motifs is 1. The summed E-state index contributed by atoms with van der Waals surface area (Å²) in [5.74, 6) is -0.784. The first-order valence-electron chi connectivity index (χ1n) is 5.85. The van der Waals surface area contributed by atoms with Crippen LogP contribution >= 0.6 is 11.8 Å². The highest BCUT2D eigenvalue weighted by Gasteiger charge is 2.29. The van der Waals surface area contributed by atoms with Crippen LogP contribution in [0.5, 0.6) is 0 Å². The van der Waals surface area contributed by atoms with Crippen LogP contribution in [-0.4, -0.2) is 31.4 Å². The maximum absolute atomic E-state index is 10.7. The smallest absolute Gasteiger partial charge is 0.313 e. The lowest BCUT2D eigenvalue weighted by atomic mass is 10.3. The van der Waals surface area contributed by atoms with Crippen molar-refractivity contribution in [2.24, 2.45) is 0 Å². The molecule has 0 unspecified atom stereocenters. The highest BCUT2D eigenvalue weighted by molar-refractivity contribution is 7.99. The number of hydrogen-bond acceptors (Lipinski definition) is 4. The molecule has 1 aliphatic rings. The summed E-state index contributed by atoms with van der Waals surface area (Å²) in [7, 11) is 0. The fourth-order valence-electron chi connectivity index (χ4n) is 1.94. The highest BCUT2D eigenvalue weighted by Crippen LogP contribution is 2.40. The summed E-state index contributed by atoms with van der Waals surface area (Å²) in [5.41, 5.74) is 2.69. The molecule has 0 saturated heterocycles. The molecule has 0 atom stereocenters. The van der Waals surface area contributed by atoms with Crippen LogP contribution in [0.15, 0.2) is 17.3 Å². The van der Waals surface area contributed by atoms with E-state index in [9.17, 15) is 4.79 Å². The van der Waals surface area contributed by atoms with Crippen molar-refractivity contribution in [2.75, 3.05) is 5.75 Å². The second-order valence-electron chi connectivity index (χ2n) is 4.47. The molecule has 18 heavy (non-hydrogen) atoms. The van der Waals surface area contributed by atoms with Gasteiger partial charge in [-0.1, -0.05) is 11.8 Å². The van der Waals surface area contributed by atoms with E-state index in [1.165, 1.54) is 11.8 Å². The van der Waals surface area contributed by atoms with Crippen molar-refractivity contribution in [2.45, 2.75) is 31.0 Å². The lowest BCUT2D eigenvalue weighted by molar-refractivity contribution is -0.133. The number of imidazole rings is 1. The molecule has 0 bridgehead atoms. The molecular formula is C12H13N3O2S. The van der Waals surface area contributed by atoms with Gasteiger partial charge in [0.1, 0.15) is 5.52 Å². The van der Waals surface area contributed by atoms with Crippen molar-refractivity contribution in [1.29, 1.82) is 0 Å². The SMILES string of the molecule is Cc1ccc2nc(SCC(=O)O)n(C3CC3)c2n1. The molecule has 0 amide bonds. The average Bonchev–Trinajstić information content (AvgIpc) is 3.08. The highest BCUT2D eigenvalue weighted by atomic mass is 32.2. The summed E-state index contributed by atoms with van der Waals surface area (Å²) in [6, 6.07) is 4.32. The number of rotatable bonds is 4. The lowest BCUT2D eigenvalue weighted by Crippen LogP contribution is -2.02. The van der Waals surface area contributed by atoms with Crippen molar-refractivity contribution < 1.29 is 9.90 Å². The predicted octanol–water partition coefficient (Wildman–Crippen LogP) is 2.25. The topological polar surface area (TPSA) is 68.0 Å². The van der Waals surface area contributed by atoms with Crippen molar-refractivity contribution in [3.8, 4) is 0 Å². The van der Waals surface area contributed by atoms with Gasteiger partial charge < -0.3 is 9.67 Å². The molecule has 6 heteroatoms. The first-order valence-corrected chi connectivity index (χ1v) is 6.84. The third kappa shape index (κ3) is 2.08. The Morgan fingerprint density at radius 3 is 2.94 bits per heavy atom. The van der Waals surface area contributed by atoms with E-state index >= 15 is 0 Å². The molecule has 0 aliphatic heterocycles. The van der Waals surface area contributed by atoms with Gasteiger partial charge in [-0.3, -0.25) is 4.79 Å². The van der Waals surface area contributed by atoms with Crippen LogP contribution in [0.25, 0.3) is 11.2 Å². The zero-order chi connectivity index (χ0) is 12.7. The Labute approximate surface area is 108 Å². The van der Waals surface area contributed by atoms with E-state index in [0.717, 1.165) is 34.9 Å². The number of carboxylic acid groups (broad SMARTS) is 1. The predicted molar refractivity (Wildman–Crippen MR) is 68.9 cm³/mol. The fraction of sp³-hybridized carbons (Fsp3) is 0.417. The summed E-state index contributed by atoms with van der Waals surface area (Å²) in [4.78, 5) is 19.7. The first kappa shape index (κ1) is 11.5. The van der Waals surface area contributed by atoms with Crippen molar-refractivity contribution in [3.63, 3.8) is 0 Å². The third-order valence-electron chi connectivity index (χ3n) is 2.88. The Bertz CT molecular complexity index is 619. The van der Waals surface area contributed by atoms with Crippen LogP contribution in [0.2, 0.25) is 0 Å². The number of carboxylic acids is 1. The van der Waals surface area contributed by atoms with E-state index in [-0.39, 0.29) is 5.75 Å². The maximum Gasteiger partial charge on any atom is 0.313 e. The van der Waals surface area contributed by atoms with Crippen molar-refractivity contribution >= 4 is 28.9 Å². The van der Waals surface area contributed by atoms with Gasteiger partial charge in [-0.15, -0.1) is 0 Å². The standard InChI is InChI=1S/C12H13N3O2S/c1-7-2-5-9-11(13-7)15(8-3-4-8)12(14-9)18-6-10(16)17/h2,5,8H,3-4,6H2,1H3,(H,16,17). The molecule has 94 valence electrons. The minimum Gasteiger partial charge on any atom is -0.481 e. The van der Waals surface area contributed by atoms with Crippen LogP contribution in [0.3, 0.4) is 0 Å². The molecule has 2 aromatic heterocycles. The minimum absolute atomic E-state index is 0.0367. The Morgan fingerprint density at radius 2 is 2.28 bits per heavy atom. The molecule has 1 aliphatic carbocycles. The van der Waals surface area contributed by atoms with Gasteiger partial charge >= 0.3 is 5.97 Å². The zero-order valence-electron chi connectivity index (χ0n) is 9.96. The summed E-state index contributed by atoms with van der Waals surface area (Å²) in [5, 5.41) is 9.54. The largest absolute Gasteiger partial charge is 0.481 e. The van der Waals surface area contributed by atoms with Gasteiger partial charge in [0.2, 0.25) is 0 Å². The van der Waals surface area contributed by atoms with Gasteiger partial charge in [0.15, 0.2) is 10.8 Å².